The van der Waals surface area contributed by atoms with Crippen molar-refractivity contribution in [3.05, 3.63) is 65.5 Å². The number of hydrogen-bond acceptors (Lipinski definition) is 4. The van der Waals surface area contributed by atoms with Crippen LogP contribution in [0.5, 0.6) is 5.75 Å². The van der Waals surface area contributed by atoms with Gasteiger partial charge in [0, 0.05) is 29.6 Å². The molecule has 144 valence electrons. The Bertz CT molecular complexity index is 1270. The number of benzene rings is 2. The summed E-state index contributed by atoms with van der Waals surface area (Å²) in [5.41, 5.74) is 7.01. The Morgan fingerprint density at radius 2 is 2.00 bits per heavy atom. The number of rotatable bonds is 4. The summed E-state index contributed by atoms with van der Waals surface area (Å²) >= 11 is 0. The predicted octanol–water partition coefficient (Wildman–Crippen LogP) is 4.23. The smallest absolute Gasteiger partial charge is 0.335 e. The van der Waals surface area contributed by atoms with Crippen molar-refractivity contribution in [3.8, 4) is 17.1 Å². The Labute approximate surface area is 166 Å². The van der Waals surface area contributed by atoms with Gasteiger partial charge in [0.2, 0.25) is 0 Å². The number of H-pyrrole nitrogens is 2. The molecule has 1 aliphatic heterocycles. The van der Waals surface area contributed by atoms with Crippen LogP contribution in [-0.4, -0.2) is 39.7 Å². The fourth-order valence-corrected chi connectivity index (χ4v) is 3.69. The SMILES string of the molecule is COc1cc[nH]c1C=C1CNc2ccc3[nH]c(-c4ccc(C(=O)O)cc4)nc3c21. The number of hydrogen-bond donors (Lipinski definition) is 4. The van der Waals surface area contributed by atoms with Crippen LogP contribution in [0.4, 0.5) is 5.69 Å². The zero-order valence-electron chi connectivity index (χ0n) is 15.6. The molecule has 5 rings (SSSR count). The van der Waals surface area contributed by atoms with Gasteiger partial charge in [-0.25, -0.2) is 9.78 Å². The molecular weight excluding hydrogens is 368 g/mol. The number of carboxylic acids is 1. The molecule has 1 aliphatic rings. The molecule has 0 spiro atoms. The van der Waals surface area contributed by atoms with Gasteiger partial charge < -0.3 is 25.1 Å². The second-order valence-corrected chi connectivity index (χ2v) is 6.84. The van der Waals surface area contributed by atoms with Crippen LogP contribution < -0.4 is 10.1 Å². The lowest BCUT2D eigenvalue weighted by atomic mass is 10.0. The Kier molecular flexibility index (Phi) is 3.87. The number of nitrogens with zero attached hydrogens (tertiary/aromatic N) is 1. The second kappa shape index (κ2) is 6.56. The summed E-state index contributed by atoms with van der Waals surface area (Å²) < 4.78 is 5.40. The fourth-order valence-electron chi connectivity index (χ4n) is 3.69. The highest BCUT2D eigenvalue weighted by Gasteiger charge is 2.22. The van der Waals surface area contributed by atoms with Crippen LogP contribution in [-0.2, 0) is 0 Å². The first-order chi connectivity index (χ1) is 14.1. The zero-order chi connectivity index (χ0) is 20.0. The van der Waals surface area contributed by atoms with Gasteiger partial charge in [-0.05, 0) is 42.0 Å². The van der Waals surface area contributed by atoms with Crippen molar-refractivity contribution in [1.82, 2.24) is 15.0 Å². The number of aromatic carboxylic acids is 1. The lowest BCUT2D eigenvalue weighted by Gasteiger charge is -2.02. The van der Waals surface area contributed by atoms with Crippen LogP contribution in [0.25, 0.3) is 34.1 Å². The van der Waals surface area contributed by atoms with E-state index in [1.807, 2.05) is 24.4 Å². The summed E-state index contributed by atoms with van der Waals surface area (Å²) in [7, 11) is 1.65. The first kappa shape index (κ1) is 17.1. The van der Waals surface area contributed by atoms with Crippen molar-refractivity contribution >= 4 is 34.3 Å². The highest BCUT2D eigenvalue weighted by molar-refractivity contribution is 6.04. The molecule has 0 atom stereocenters. The van der Waals surface area contributed by atoms with Crippen molar-refractivity contribution < 1.29 is 14.6 Å². The Balaban J connectivity index is 1.61. The zero-order valence-corrected chi connectivity index (χ0v) is 15.6. The maximum atomic E-state index is 11.1. The van der Waals surface area contributed by atoms with Gasteiger partial charge in [0.05, 0.1) is 29.4 Å². The molecule has 7 heteroatoms. The van der Waals surface area contributed by atoms with E-state index in [2.05, 4.69) is 21.4 Å². The predicted molar refractivity (Wildman–Crippen MR) is 112 cm³/mol. The summed E-state index contributed by atoms with van der Waals surface area (Å²) in [5, 5.41) is 12.5. The van der Waals surface area contributed by atoms with Crippen molar-refractivity contribution in [1.29, 1.82) is 0 Å². The van der Waals surface area contributed by atoms with Crippen molar-refractivity contribution in [2.75, 3.05) is 19.0 Å². The van der Waals surface area contributed by atoms with Crippen LogP contribution in [0.15, 0.2) is 48.7 Å². The number of carboxylic acid groups (broad SMARTS) is 1. The van der Waals surface area contributed by atoms with E-state index in [1.54, 1.807) is 31.4 Å². The Morgan fingerprint density at radius 1 is 1.17 bits per heavy atom. The average molecular weight is 386 g/mol. The molecule has 0 amide bonds. The molecule has 0 fully saturated rings. The quantitative estimate of drug-likeness (QED) is 0.420. The Morgan fingerprint density at radius 3 is 2.76 bits per heavy atom. The number of anilines is 1. The lowest BCUT2D eigenvalue weighted by molar-refractivity contribution is 0.0697. The number of nitrogens with one attached hydrogen (secondary N) is 3. The van der Waals surface area contributed by atoms with Gasteiger partial charge in [-0.1, -0.05) is 12.1 Å². The van der Waals surface area contributed by atoms with E-state index in [9.17, 15) is 4.79 Å². The molecular formula is C22H18N4O3. The topological polar surface area (TPSA) is 103 Å². The average Bonchev–Trinajstić information content (AvgIpc) is 3.45. The van der Waals surface area contributed by atoms with Crippen LogP contribution in [0.3, 0.4) is 0 Å². The van der Waals surface area contributed by atoms with Crippen molar-refractivity contribution in [2.45, 2.75) is 0 Å². The first-order valence-electron chi connectivity index (χ1n) is 9.16. The molecule has 4 aromatic rings. The summed E-state index contributed by atoms with van der Waals surface area (Å²) in [6, 6.07) is 12.6. The molecule has 0 bridgehead atoms. The molecule has 0 unspecified atom stereocenters. The first-order valence-corrected chi connectivity index (χ1v) is 9.16. The molecule has 3 heterocycles. The summed E-state index contributed by atoms with van der Waals surface area (Å²) in [6.07, 6.45) is 3.93. The van der Waals surface area contributed by atoms with Crippen LogP contribution >= 0.6 is 0 Å². The molecule has 7 nitrogen and oxygen atoms in total. The van der Waals surface area contributed by atoms with Gasteiger partial charge in [0.1, 0.15) is 11.6 Å². The minimum atomic E-state index is -0.945. The molecule has 2 aromatic heterocycles. The van der Waals surface area contributed by atoms with Gasteiger partial charge in [-0.2, -0.15) is 0 Å². The number of fused-ring (bicyclic) bond motifs is 3. The largest absolute Gasteiger partial charge is 0.495 e. The third-order valence-electron chi connectivity index (χ3n) is 5.13. The fraction of sp³-hybridized carbons (Fsp3) is 0.0909. The van der Waals surface area contributed by atoms with E-state index >= 15 is 0 Å². The van der Waals surface area contributed by atoms with Gasteiger partial charge in [-0.15, -0.1) is 0 Å². The van der Waals surface area contributed by atoms with Gasteiger partial charge in [0.15, 0.2) is 0 Å². The van der Waals surface area contributed by atoms with E-state index in [0.29, 0.717) is 12.4 Å². The minimum Gasteiger partial charge on any atom is -0.495 e. The number of aromatic amines is 2. The molecule has 0 saturated heterocycles. The standard InChI is InChI=1S/C22H18N4O3/c1-29-18-8-9-23-17(18)10-14-11-24-15-6-7-16-20(19(14)15)26-21(25-16)12-2-4-13(5-3-12)22(27)28/h2-10,23-24H,11H2,1H3,(H,25,26)(H,27,28). The summed E-state index contributed by atoms with van der Waals surface area (Å²) in [5.74, 6) is 0.549. The number of carbonyl (C=O) groups is 1. The van der Waals surface area contributed by atoms with Crippen molar-refractivity contribution in [2.24, 2.45) is 0 Å². The molecule has 0 aliphatic carbocycles. The van der Waals surface area contributed by atoms with E-state index in [-0.39, 0.29) is 5.56 Å². The number of ether oxygens (including phenoxy) is 1. The van der Waals surface area contributed by atoms with Crippen LogP contribution in [0, 0.1) is 0 Å². The van der Waals surface area contributed by atoms with E-state index in [0.717, 1.165) is 44.9 Å². The van der Waals surface area contributed by atoms with Gasteiger partial charge in [-0.3, -0.25) is 0 Å². The van der Waals surface area contributed by atoms with Crippen molar-refractivity contribution in [3.63, 3.8) is 0 Å². The summed E-state index contributed by atoms with van der Waals surface area (Å²) in [4.78, 5) is 22.5. The number of methoxy groups -OCH3 is 1. The maximum absolute atomic E-state index is 11.1. The summed E-state index contributed by atoms with van der Waals surface area (Å²) in [6.45, 7) is 0.701. The number of aromatic nitrogens is 3. The number of imidazole rings is 1. The molecule has 2 aromatic carbocycles. The van der Waals surface area contributed by atoms with Gasteiger partial charge >= 0.3 is 5.97 Å². The molecule has 29 heavy (non-hydrogen) atoms. The highest BCUT2D eigenvalue weighted by atomic mass is 16.5. The van der Waals surface area contributed by atoms with Crippen LogP contribution in [0.2, 0.25) is 0 Å². The normalized spacial score (nSPS) is 14.2. The minimum absolute atomic E-state index is 0.250. The maximum Gasteiger partial charge on any atom is 0.335 e. The third kappa shape index (κ3) is 2.84. The second-order valence-electron chi connectivity index (χ2n) is 6.84. The highest BCUT2D eigenvalue weighted by Crippen LogP contribution is 2.38. The molecule has 4 N–H and O–H groups in total. The third-order valence-corrected chi connectivity index (χ3v) is 5.13. The Hall–Kier alpha value is -4.00. The van der Waals surface area contributed by atoms with Gasteiger partial charge in [0.25, 0.3) is 0 Å². The van der Waals surface area contributed by atoms with Crippen LogP contribution in [0.1, 0.15) is 21.6 Å². The van der Waals surface area contributed by atoms with E-state index < -0.39 is 5.97 Å². The molecule has 0 saturated carbocycles. The lowest BCUT2D eigenvalue weighted by Crippen LogP contribution is -1.95. The molecule has 0 radical (unpaired) electrons. The van der Waals surface area contributed by atoms with E-state index in [4.69, 9.17) is 14.8 Å². The monoisotopic (exact) mass is 386 g/mol. The van der Waals surface area contributed by atoms with E-state index in [1.165, 1.54) is 0 Å².